The van der Waals surface area contributed by atoms with E-state index in [-0.39, 0.29) is 54.9 Å². The van der Waals surface area contributed by atoms with Crippen molar-refractivity contribution in [2.45, 2.75) is 55.1 Å². The van der Waals surface area contributed by atoms with Gasteiger partial charge >= 0.3 is 6.09 Å². The number of rotatable bonds is 7. The summed E-state index contributed by atoms with van der Waals surface area (Å²) in [5.41, 5.74) is 1.24. The van der Waals surface area contributed by atoms with Gasteiger partial charge in [-0.25, -0.2) is 13.2 Å². The molecule has 0 bridgehead atoms. The Morgan fingerprint density at radius 3 is 2.76 bits per heavy atom. The number of benzene rings is 2. The number of aliphatic hydroxyl groups is 1. The van der Waals surface area contributed by atoms with Gasteiger partial charge in [0.2, 0.25) is 10.0 Å². The zero-order chi connectivity index (χ0) is 26.2. The highest BCUT2D eigenvalue weighted by molar-refractivity contribution is 7.89. The number of nitrogens with zero attached hydrogens (tertiary/aromatic N) is 1. The maximum Gasteiger partial charge on any atom is 0.407 e. The largest absolute Gasteiger partial charge is 0.508 e. The van der Waals surface area contributed by atoms with Crippen molar-refractivity contribution in [1.29, 1.82) is 0 Å². The van der Waals surface area contributed by atoms with Crippen LogP contribution in [0, 0.1) is 5.92 Å². The summed E-state index contributed by atoms with van der Waals surface area (Å²) in [6.45, 7) is 2.48. The number of phenols is 1. The van der Waals surface area contributed by atoms with Gasteiger partial charge in [0.15, 0.2) is 6.29 Å². The van der Waals surface area contributed by atoms with Crippen molar-refractivity contribution < 1.29 is 37.6 Å². The molecule has 3 aliphatic rings. The van der Waals surface area contributed by atoms with Gasteiger partial charge in [-0.15, -0.1) is 0 Å². The lowest BCUT2D eigenvalue weighted by Crippen LogP contribution is -2.52. The minimum absolute atomic E-state index is 0.0278. The Bertz CT molecular complexity index is 1220. The smallest absolute Gasteiger partial charge is 0.407 e. The first-order chi connectivity index (χ1) is 17.7. The number of β-amino-alcohol motifs (C(OH)–C–C–N with tert-alkyl or cyclic N) is 1. The zero-order valence-corrected chi connectivity index (χ0v) is 21.3. The number of aromatic hydroxyl groups is 1. The maximum absolute atomic E-state index is 13.3. The highest BCUT2D eigenvalue weighted by Crippen LogP contribution is 2.39. The average Bonchev–Trinajstić information content (AvgIpc) is 3.48. The monoisotopic (exact) mass is 532 g/mol. The number of nitrogens with one attached hydrogen (secondary N) is 1. The van der Waals surface area contributed by atoms with Crippen molar-refractivity contribution in [1.82, 2.24) is 9.62 Å². The van der Waals surface area contributed by atoms with Crippen LogP contribution in [0.25, 0.3) is 0 Å². The number of fused-ring (bicyclic) bond motifs is 2. The molecule has 5 rings (SSSR count). The molecule has 2 aromatic carbocycles. The Kier molecular flexibility index (Phi) is 7.42. The Morgan fingerprint density at radius 1 is 1.19 bits per heavy atom. The molecule has 3 N–H and O–H groups in total. The van der Waals surface area contributed by atoms with Crippen LogP contribution >= 0.6 is 0 Å². The summed E-state index contributed by atoms with van der Waals surface area (Å²) >= 11 is 0. The van der Waals surface area contributed by atoms with Crippen LogP contribution in [-0.2, 0) is 30.7 Å². The van der Waals surface area contributed by atoms with E-state index in [0.29, 0.717) is 12.2 Å². The maximum atomic E-state index is 13.3. The van der Waals surface area contributed by atoms with Crippen LogP contribution in [0.2, 0.25) is 0 Å². The van der Waals surface area contributed by atoms with E-state index in [1.54, 1.807) is 0 Å². The van der Waals surface area contributed by atoms with Crippen LogP contribution < -0.4 is 5.32 Å². The molecule has 0 radical (unpaired) electrons. The van der Waals surface area contributed by atoms with Crippen LogP contribution in [0.15, 0.2) is 53.4 Å². The fourth-order valence-corrected chi connectivity index (χ4v) is 7.30. The lowest BCUT2D eigenvalue weighted by Gasteiger charge is -2.35. The van der Waals surface area contributed by atoms with Gasteiger partial charge in [0, 0.05) is 18.7 Å². The Morgan fingerprint density at radius 2 is 1.97 bits per heavy atom. The molecule has 200 valence electrons. The van der Waals surface area contributed by atoms with Gasteiger partial charge in [0.1, 0.15) is 11.9 Å². The number of alkyl carbamates (subject to hydrolysis) is 1. The molecule has 3 heterocycles. The topological polar surface area (TPSA) is 135 Å². The summed E-state index contributed by atoms with van der Waals surface area (Å²) in [5.74, 6) is -0.369. The van der Waals surface area contributed by atoms with Crippen LogP contribution in [0.4, 0.5) is 4.79 Å². The normalized spacial score (nSPS) is 28.2. The zero-order valence-electron chi connectivity index (χ0n) is 20.5. The molecule has 6 atom stereocenters. The molecule has 3 aliphatic heterocycles. The molecule has 11 heteroatoms. The predicted octanol–water partition coefficient (Wildman–Crippen LogP) is 1.96. The molecule has 2 aromatic rings. The van der Waals surface area contributed by atoms with Crippen molar-refractivity contribution in [3.63, 3.8) is 0 Å². The van der Waals surface area contributed by atoms with Gasteiger partial charge in [0.25, 0.3) is 0 Å². The lowest BCUT2D eigenvalue weighted by molar-refractivity contribution is -0.0907. The lowest BCUT2D eigenvalue weighted by atomic mass is 9.98. The summed E-state index contributed by atoms with van der Waals surface area (Å²) in [5, 5.41) is 24.2. The molecule has 10 nitrogen and oxygen atoms in total. The first-order valence-corrected chi connectivity index (χ1v) is 13.9. The number of carbonyl (C=O) groups is 1. The van der Waals surface area contributed by atoms with Gasteiger partial charge in [-0.2, -0.15) is 4.31 Å². The Hall–Kier alpha value is -2.70. The number of hydrogen-bond donors (Lipinski definition) is 3. The van der Waals surface area contributed by atoms with Gasteiger partial charge in [0.05, 0.1) is 36.2 Å². The van der Waals surface area contributed by atoms with E-state index in [9.17, 15) is 23.4 Å². The fraction of sp³-hybridized carbons (Fsp3) is 0.500. The van der Waals surface area contributed by atoms with E-state index >= 15 is 0 Å². The van der Waals surface area contributed by atoms with E-state index in [4.69, 9.17) is 14.2 Å². The van der Waals surface area contributed by atoms with Crippen molar-refractivity contribution in [2.75, 3.05) is 26.3 Å². The van der Waals surface area contributed by atoms with Gasteiger partial charge in [-0.3, -0.25) is 0 Å². The summed E-state index contributed by atoms with van der Waals surface area (Å²) in [6.07, 6.45) is -1.73. The second-order valence-corrected chi connectivity index (χ2v) is 11.8. The van der Waals surface area contributed by atoms with Gasteiger partial charge in [-0.1, -0.05) is 43.3 Å². The minimum Gasteiger partial charge on any atom is -0.508 e. The SMILES string of the molecule is CC1CN(C[C@@H](O)[C@H](Cc2ccccc2)NC(=O)O[C@H]2CO[C@H]3OCC[C@H]32)S(=O)(=O)c2cccc(O)c21. The number of sulfonamides is 1. The molecule has 0 spiro atoms. The van der Waals surface area contributed by atoms with Crippen LogP contribution in [0.1, 0.15) is 30.4 Å². The number of phenolic OH excluding ortho intramolecular Hbond substituents is 1. The molecule has 0 aliphatic carbocycles. The van der Waals surface area contributed by atoms with E-state index in [1.807, 2.05) is 37.3 Å². The predicted molar refractivity (Wildman–Crippen MR) is 132 cm³/mol. The number of hydrogen-bond acceptors (Lipinski definition) is 8. The van der Waals surface area contributed by atoms with E-state index in [1.165, 1.54) is 22.5 Å². The number of carbonyl (C=O) groups excluding carboxylic acids is 1. The highest BCUT2D eigenvalue weighted by Gasteiger charge is 2.44. The van der Waals surface area contributed by atoms with E-state index < -0.39 is 34.4 Å². The second kappa shape index (κ2) is 10.6. The summed E-state index contributed by atoms with van der Waals surface area (Å²) in [4.78, 5) is 12.9. The molecular formula is C26H32N2O8S. The molecule has 2 saturated heterocycles. The molecule has 0 saturated carbocycles. The van der Waals surface area contributed by atoms with Crippen LogP contribution in [0.3, 0.4) is 0 Å². The van der Waals surface area contributed by atoms with Crippen molar-refractivity contribution in [3.8, 4) is 5.75 Å². The Balaban J connectivity index is 1.32. The van der Waals surface area contributed by atoms with Gasteiger partial charge in [-0.05, 0) is 36.5 Å². The van der Waals surface area contributed by atoms with E-state index in [2.05, 4.69) is 5.32 Å². The third-order valence-corrected chi connectivity index (χ3v) is 9.22. The number of aliphatic hydroxyl groups excluding tert-OH is 1. The summed E-state index contributed by atoms with van der Waals surface area (Å²) in [6, 6.07) is 12.9. The molecule has 1 amide bonds. The highest BCUT2D eigenvalue weighted by atomic mass is 32.2. The summed E-state index contributed by atoms with van der Waals surface area (Å²) in [7, 11) is -3.96. The molecule has 0 aromatic heterocycles. The molecule has 2 fully saturated rings. The minimum atomic E-state index is -3.96. The fourth-order valence-electron chi connectivity index (χ4n) is 5.42. The summed E-state index contributed by atoms with van der Waals surface area (Å²) < 4.78 is 44.5. The van der Waals surface area contributed by atoms with Gasteiger partial charge < -0.3 is 29.7 Å². The van der Waals surface area contributed by atoms with E-state index in [0.717, 1.165) is 12.0 Å². The first kappa shape index (κ1) is 25.9. The quantitative estimate of drug-likeness (QED) is 0.493. The Labute approximate surface area is 216 Å². The average molecular weight is 533 g/mol. The number of ether oxygens (including phenoxy) is 3. The third kappa shape index (κ3) is 5.32. The van der Waals surface area contributed by atoms with Crippen molar-refractivity contribution in [3.05, 3.63) is 59.7 Å². The second-order valence-electron chi connectivity index (χ2n) is 9.89. The molecule has 37 heavy (non-hydrogen) atoms. The van der Waals surface area contributed by atoms with Crippen LogP contribution in [-0.4, -0.2) is 79.9 Å². The first-order valence-electron chi connectivity index (χ1n) is 12.5. The van der Waals surface area contributed by atoms with Crippen LogP contribution in [0.5, 0.6) is 5.75 Å². The molecule has 1 unspecified atom stereocenters. The van der Waals surface area contributed by atoms with Crippen molar-refractivity contribution in [2.24, 2.45) is 5.92 Å². The third-order valence-electron chi connectivity index (χ3n) is 7.33. The molecular weight excluding hydrogens is 500 g/mol. The standard InChI is InChI=1S/C26H32N2O8S/c1-16-13-28(37(32,33)23-9-5-8-20(29)24(16)23)14-21(30)19(12-17-6-3-2-4-7-17)27-26(31)36-22-15-35-25-18(22)10-11-34-25/h2-9,16,18-19,21-22,25,29-30H,10-15H2,1H3,(H,27,31)/t16?,18-,19-,21+,22-,25+/m0/s1. The number of amides is 1. The van der Waals surface area contributed by atoms with Crippen molar-refractivity contribution >= 4 is 16.1 Å².